The molecule has 2 atom stereocenters. The molecule has 5 rings (SSSR count). The third kappa shape index (κ3) is 6.14. The summed E-state index contributed by atoms with van der Waals surface area (Å²) in [5, 5.41) is 3.33. The first-order valence-electron chi connectivity index (χ1n) is 13.1. The number of anilines is 1. The van der Waals surface area contributed by atoms with Gasteiger partial charge in [0.05, 0.1) is 24.6 Å². The van der Waals surface area contributed by atoms with Gasteiger partial charge in [0.15, 0.2) is 23.1 Å². The van der Waals surface area contributed by atoms with E-state index in [0.29, 0.717) is 40.6 Å². The summed E-state index contributed by atoms with van der Waals surface area (Å²) in [7, 11) is 3.72. The van der Waals surface area contributed by atoms with Crippen LogP contribution in [-0.2, 0) is 4.79 Å². The monoisotopic (exact) mass is 523 g/mol. The summed E-state index contributed by atoms with van der Waals surface area (Å²) in [6, 6.07) is 7.86. The second-order valence-corrected chi connectivity index (χ2v) is 10.1. The Hall–Kier alpha value is -3.50. The average molecular weight is 524 g/mol. The predicted octanol–water partition coefficient (Wildman–Crippen LogP) is 4.18. The molecule has 1 saturated carbocycles. The van der Waals surface area contributed by atoms with Crippen molar-refractivity contribution in [3.8, 4) is 23.1 Å². The summed E-state index contributed by atoms with van der Waals surface area (Å²) in [4.78, 5) is 25.5. The smallest absolute Gasteiger partial charge is 0.230 e. The van der Waals surface area contributed by atoms with Crippen LogP contribution in [0.1, 0.15) is 19.8 Å². The van der Waals surface area contributed by atoms with Crippen LogP contribution in [0.3, 0.4) is 0 Å². The SMILES string of the molecule is COc1cc2c(Oc3ccc(NC(=O)C4C[C@H]4C)cc3F)ncnc2cc1OCCCN1CCN(C)CC1. The molecule has 1 saturated heterocycles. The third-order valence-electron chi connectivity index (χ3n) is 7.21. The number of hydrogen-bond acceptors (Lipinski definition) is 8. The molecular weight excluding hydrogens is 489 g/mol. The zero-order chi connectivity index (χ0) is 26.6. The van der Waals surface area contributed by atoms with Crippen LogP contribution in [0.15, 0.2) is 36.7 Å². The fraction of sp³-hybridized carbons (Fsp3) is 0.464. The Morgan fingerprint density at radius 3 is 2.61 bits per heavy atom. The Bertz CT molecular complexity index is 1300. The van der Waals surface area contributed by atoms with E-state index in [1.54, 1.807) is 25.3 Å². The highest BCUT2D eigenvalue weighted by Crippen LogP contribution is 2.39. The maximum atomic E-state index is 14.8. The van der Waals surface area contributed by atoms with Gasteiger partial charge in [-0.15, -0.1) is 0 Å². The fourth-order valence-electron chi connectivity index (χ4n) is 4.62. The minimum absolute atomic E-state index is 0.00202. The number of hydrogen-bond donors (Lipinski definition) is 1. The number of nitrogens with zero attached hydrogens (tertiary/aromatic N) is 4. The van der Waals surface area contributed by atoms with Crippen molar-refractivity contribution < 1.29 is 23.4 Å². The van der Waals surface area contributed by atoms with E-state index in [1.165, 1.54) is 18.5 Å². The van der Waals surface area contributed by atoms with E-state index in [4.69, 9.17) is 14.2 Å². The van der Waals surface area contributed by atoms with Crippen molar-refractivity contribution in [2.75, 3.05) is 58.8 Å². The number of carbonyl (C=O) groups excluding carboxylic acids is 1. The Morgan fingerprint density at radius 2 is 1.89 bits per heavy atom. The van der Waals surface area contributed by atoms with Crippen molar-refractivity contribution >= 4 is 22.5 Å². The van der Waals surface area contributed by atoms with Gasteiger partial charge >= 0.3 is 0 Å². The largest absolute Gasteiger partial charge is 0.493 e. The van der Waals surface area contributed by atoms with Crippen LogP contribution in [0, 0.1) is 17.7 Å². The van der Waals surface area contributed by atoms with Gasteiger partial charge in [-0.3, -0.25) is 4.79 Å². The van der Waals surface area contributed by atoms with Crippen LogP contribution in [-0.4, -0.2) is 79.2 Å². The van der Waals surface area contributed by atoms with E-state index in [2.05, 4.69) is 32.1 Å². The number of rotatable bonds is 10. The molecule has 2 heterocycles. The van der Waals surface area contributed by atoms with Crippen molar-refractivity contribution in [2.24, 2.45) is 11.8 Å². The first kappa shape index (κ1) is 26.1. The predicted molar refractivity (Wildman–Crippen MR) is 143 cm³/mol. The quantitative estimate of drug-likeness (QED) is 0.396. The normalized spacial score (nSPS) is 19.8. The van der Waals surface area contributed by atoms with Crippen molar-refractivity contribution in [3.05, 3.63) is 42.5 Å². The Kier molecular flexibility index (Phi) is 7.90. The number of piperazine rings is 1. The second-order valence-electron chi connectivity index (χ2n) is 10.1. The number of likely N-dealkylation sites (N-methyl/N-ethyl adjacent to an activating group) is 1. The summed E-state index contributed by atoms with van der Waals surface area (Å²) in [6.45, 7) is 7.89. The molecule has 1 unspecified atom stereocenters. The standard InChI is InChI=1S/C28H34FN5O4/c1-18-13-20(18)27(35)32-19-5-6-24(22(29)14-19)38-28-21-15-25(36-3)26(16-23(21)30-17-31-28)37-12-4-7-34-10-8-33(2)9-11-34/h5-6,14-18,20H,4,7-13H2,1-3H3,(H,32,35)/t18-,20?/m1/s1. The third-order valence-corrected chi connectivity index (χ3v) is 7.21. The summed E-state index contributed by atoms with van der Waals surface area (Å²) in [5.41, 5.74) is 0.982. The molecule has 202 valence electrons. The maximum absolute atomic E-state index is 14.8. The molecule has 10 heteroatoms. The van der Waals surface area contributed by atoms with Gasteiger partial charge in [0.1, 0.15) is 6.33 Å². The molecule has 1 aliphatic carbocycles. The van der Waals surface area contributed by atoms with Crippen LogP contribution in [0.25, 0.3) is 10.9 Å². The fourth-order valence-corrected chi connectivity index (χ4v) is 4.62. The molecule has 3 aromatic rings. The molecule has 1 amide bonds. The van der Waals surface area contributed by atoms with Gasteiger partial charge in [-0.2, -0.15) is 0 Å². The number of aromatic nitrogens is 2. The molecule has 2 fully saturated rings. The van der Waals surface area contributed by atoms with E-state index in [1.807, 2.05) is 6.92 Å². The lowest BCUT2D eigenvalue weighted by molar-refractivity contribution is -0.117. The van der Waals surface area contributed by atoms with Gasteiger partial charge in [0.25, 0.3) is 0 Å². The number of benzene rings is 2. The van der Waals surface area contributed by atoms with Crippen LogP contribution < -0.4 is 19.5 Å². The second kappa shape index (κ2) is 11.5. The minimum atomic E-state index is -0.606. The van der Waals surface area contributed by atoms with Crippen molar-refractivity contribution in [1.82, 2.24) is 19.8 Å². The molecule has 2 aliphatic rings. The van der Waals surface area contributed by atoms with Gasteiger partial charge < -0.3 is 29.3 Å². The molecule has 1 N–H and O–H groups in total. The molecule has 0 spiro atoms. The molecule has 38 heavy (non-hydrogen) atoms. The van der Waals surface area contributed by atoms with E-state index in [-0.39, 0.29) is 23.5 Å². The minimum Gasteiger partial charge on any atom is -0.493 e. The van der Waals surface area contributed by atoms with Crippen LogP contribution in [0.4, 0.5) is 10.1 Å². The highest BCUT2D eigenvalue weighted by molar-refractivity contribution is 5.94. The van der Waals surface area contributed by atoms with Crippen molar-refractivity contribution in [1.29, 1.82) is 0 Å². The van der Waals surface area contributed by atoms with E-state index in [9.17, 15) is 9.18 Å². The molecule has 2 aromatic carbocycles. The highest BCUT2D eigenvalue weighted by atomic mass is 19.1. The molecule has 0 radical (unpaired) electrons. The zero-order valence-corrected chi connectivity index (χ0v) is 22.1. The first-order valence-corrected chi connectivity index (χ1v) is 13.1. The van der Waals surface area contributed by atoms with E-state index >= 15 is 0 Å². The number of halogens is 1. The highest BCUT2D eigenvalue weighted by Gasteiger charge is 2.39. The average Bonchev–Trinajstić information content (AvgIpc) is 3.65. The first-order chi connectivity index (χ1) is 18.4. The molecule has 0 bridgehead atoms. The summed E-state index contributed by atoms with van der Waals surface area (Å²) in [5.74, 6) is 0.968. The van der Waals surface area contributed by atoms with Gasteiger partial charge in [-0.1, -0.05) is 6.92 Å². The topological polar surface area (TPSA) is 89.0 Å². The van der Waals surface area contributed by atoms with Crippen molar-refractivity contribution in [3.63, 3.8) is 0 Å². The summed E-state index contributed by atoms with van der Waals surface area (Å²) in [6.07, 6.45) is 3.13. The Morgan fingerprint density at radius 1 is 1.11 bits per heavy atom. The number of ether oxygens (including phenoxy) is 3. The van der Waals surface area contributed by atoms with Crippen LogP contribution in [0.2, 0.25) is 0 Å². The Balaban J connectivity index is 1.25. The number of fused-ring (bicyclic) bond motifs is 1. The van der Waals surface area contributed by atoms with E-state index < -0.39 is 5.82 Å². The van der Waals surface area contributed by atoms with Crippen molar-refractivity contribution in [2.45, 2.75) is 19.8 Å². The number of nitrogens with one attached hydrogen (secondary N) is 1. The number of carbonyl (C=O) groups is 1. The lowest BCUT2D eigenvalue weighted by Crippen LogP contribution is -2.44. The summed E-state index contributed by atoms with van der Waals surface area (Å²) < 4.78 is 32.3. The lowest BCUT2D eigenvalue weighted by Gasteiger charge is -2.32. The zero-order valence-electron chi connectivity index (χ0n) is 22.1. The van der Waals surface area contributed by atoms with Gasteiger partial charge in [0.2, 0.25) is 11.8 Å². The molecule has 9 nitrogen and oxygen atoms in total. The van der Waals surface area contributed by atoms with Gasteiger partial charge in [-0.25, -0.2) is 14.4 Å². The lowest BCUT2D eigenvalue weighted by atomic mass is 10.2. The maximum Gasteiger partial charge on any atom is 0.230 e. The summed E-state index contributed by atoms with van der Waals surface area (Å²) >= 11 is 0. The number of methoxy groups -OCH3 is 1. The van der Waals surface area contributed by atoms with Crippen LogP contribution in [0.5, 0.6) is 23.1 Å². The number of amides is 1. The molecular formula is C28H34FN5O4. The molecule has 1 aliphatic heterocycles. The van der Waals surface area contributed by atoms with Crippen LogP contribution >= 0.6 is 0 Å². The van der Waals surface area contributed by atoms with E-state index in [0.717, 1.165) is 45.6 Å². The van der Waals surface area contributed by atoms with Gasteiger partial charge in [0, 0.05) is 56.5 Å². The van der Waals surface area contributed by atoms with Gasteiger partial charge in [-0.05, 0) is 44.0 Å². The molecule has 1 aromatic heterocycles. The Labute approximate surface area is 221 Å².